The Morgan fingerprint density at radius 2 is 2.29 bits per heavy atom. The van der Waals surface area contributed by atoms with Crippen molar-refractivity contribution in [3.63, 3.8) is 0 Å². The van der Waals surface area contributed by atoms with Crippen molar-refractivity contribution in [3.05, 3.63) is 17.7 Å². The van der Waals surface area contributed by atoms with Gasteiger partial charge in [-0.15, -0.1) is 0 Å². The van der Waals surface area contributed by atoms with Gasteiger partial charge in [-0.1, -0.05) is 30.7 Å². The number of aromatic hydroxyl groups is 1. The lowest BCUT2D eigenvalue weighted by Gasteiger charge is -2.02. The molecule has 3 nitrogen and oxygen atoms in total. The molecule has 1 heterocycles. The Bertz CT molecular complexity index is 464. The van der Waals surface area contributed by atoms with Crippen LogP contribution in [0.15, 0.2) is 12.1 Å². The molecule has 1 aromatic carbocycles. The van der Waals surface area contributed by atoms with Crippen LogP contribution in [0, 0.1) is 0 Å². The van der Waals surface area contributed by atoms with Crippen LogP contribution >= 0.6 is 11.3 Å². The minimum Gasteiger partial charge on any atom is -0.505 e. The van der Waals surface area contributed by atoms with Crippen LogP contribution in [0.1, 0.15) is 18.9 Å². The number of nitrogen functional groups attached to an aromatic ring is 1. The third-order valence-corrected chi connectivity index (χ3v) is 3.00. The van der Waals surface area contributed by atoms with E-state index in [1.807, 2.05) is 12.1 Å². The molecular formula is C10H12N2OS. The number of phenolic OH excluding ortho intramolecular Hbond substituents is 1. The highest BCUT2D eigenvalue weighted by molar-refractivity contribution is 7.22. The standard InChI is InChI=1S/C10H12N2OS/c1-2-3-6-4-5-7-8(9(6)13)12-10(11)14-7/h4-5,13H,2-3H2,1H3,(H2,11,12). The molecule has 2 rings (SSSR count). The maximum absolute atomic E-state index is 9.88. The average molecular weight is 208 g/mol. The molecule has 0 radical (unpaired) electrons. The van der Waals surface area contributed by atoms with Crippen molar-refractivity contribution >= 4 is 26.7 Å². The molecule has 0 unspecified atom stereocenters. The summed E-state index contributed by atoms with van der Waals surface area (Å²) >= 11 is 1.40. The number of phenols is 1. The molecule has 1 aromatic heterocycles. The minimum atomic E-state index is 0.289. The van der Waals surface area contributed by atoms with Gasteiger partial charge in [0, 0.05) is 0 Å². The Morgan fingerprint density at radius 1 is 1.50 bits per heavy atom. The van der Waals surface area contributed by atoms with E-state index in [1.54, 1.807) is 0 Å². The van der Waals surface area contributed by atoms with Gasteiger partial charge in [0.1, 0.15) is 11.3 Å². The van der Waals surface area contributed by atoms with Crippen LogP contribution in [-0.4, -0.2) is 10.1 Å². The van der Waals surface area contributed by atoms with Gasteiger partial charge in [-0.2, -0.15) is 0 Å². The molecule has 4 heteroatoms. The highest BCUT2D eigenvalue weighted by Gasteiger charge is 2.09. The molecule has 0 fully saturated rings. The monoisotopic (exact) mass is 208 g/mol. The fraction of sp³-hybridized carbons (Fsp3) is 0.300. The number of hydrogen-bond acceptors (Lipinski definition) is 4. The molecular weight excluding hydrogens is 196 g/mol. The Labute approximate surface area is 86.2 Å². The van der Waals surface area contributed by atoms with Crippen LogP contribution in [0.3, 0.4) is 0 Å². The molecule has 0 saturated carbocycles. The summed E-state index contributed by atoms with van der Waals surface area (Å²) in [6.45, 7) is 2.08. The molecule has 74 valence electrons. The van der Waals surface area contributed by atoms with E-state index in [0.717, 1.165) is 23.1 Å². The summed E-state index contributed by atoms with van der Waals surface area (Å²) in [6, 6.07) is 3.91. The quantitative estimate of drug-likeness (QED) is 0.797. The lowest BCUT2D eigenvalue weighted by atomic mass is 10.1. The van der Waals surface area contributed by atoms with Gasteiger partial charge in [-0.05, 0) is 18.1 Å². The van der Waals surface area contributed by atoms with Gasteiger partial charge in [0.15, 0.2) is 5.13 Å². The maximum Gasteiger partial charge on any atom is 0.181 e. The first kappa shape index (κ1) is 9.27. The fourth-order valence-corrected chi connectivity index (χ4v) is 2.25. The molecule has 0 saturated heterocycles. The number of aromatic nitrogens is 1. The van der Waals surface area contributed by atoms with Gasteiger partial charge in [0.2, 0.25) is 0 Å². The average Bonchev–Trinajstić information content (AvgIpc) is 2.52. The second-order valence-electron chi connectivity index (χ2n) is 3.22. The van der Waals surface area contributed by atoms with Crippen LogP contribution in [0.25, 0.3) is 10.2 Å². The SMILES string of the molecule is CCCc1ccc2sc(N)nc2c1O. The second-order valence-corrected chi connectivity index (χ2v) is 4.28. The number of thiazole rings is 1. The summed E-state index contributed by atoms with van der Waals surface area (Å²) in [6.07, 6.45) is 1.89. The summed E-state index contributed by atoms with van der Waals surface area (Å²) in [5.74, 6) is 0.289. The van der Waals surface area contributed by atoms with Gasteiger partial charge in [-0.25, -0.2) is 4.98 Å². The molecule has 0 spiro atoms. The summed E-state index contributed by atoms with van der Waals surface area (Å²) in [7, 11) is 0. The molecule has 14 heavy (non-hydrogen) atoms. The van der Waals surface area contributed by atoms with Crippen LogP contribution in [0.5, 0.6) is 5.75 Å². The Balaban J connectivity index is 2.61. The number of nitrogens with zero attached hydrogens (tertiary/aromatic N) is 1. The van der Waals surface area contributed by atoms with Crippen LogP contribution in [0.2, 0.25) is 0 Å². The van der Waals surface area contributed by atoms with E-state index in [4.69, 9.17) is 5.73 Å². The third kappa shape index (κ3) is 1.42. The van der Waals surface area contributed by atoms with Crippen molar-refractivity contribution in [3.8, 4) is 5.75 Å². The highest BCUT2D eigenvalue weighted by atomic mass is 32.1. The van der Waals surface area contributed by atoms with E-state index in [1.165, 1.54) is 11.3 Å². The first-order valence-electron chi connectivity index (χ1n) is 4.59. The summed E-state index contributed by atoms with van der Waals surface area (Å²) in [5, 5.41) is 10.4. The van der Waals surface area contributed by atoms with E-state index in [9.17, 15) is 5.11 Å². The number of hydrogen-bond donors (Lipinski definition) is 2. The number of nitrogens with two attached hydrogens (primary N) is 1. The van der Waals surface area contributed by atoms with Crippen LogP contribution in [0.4, 0.5) is 5.13 Å². The van der Waals surface area contributed by atoms with Gasteiger partial charge < -0.3 is 10.8 Å². The van der Waals surface area contributed by atoms with E-state index in [-0.39, 0.29) is 5.75 Å². The fourth-order valence-electron chi connectivity index (χ4n) is 1.51. The van der Waals surface area contributed by atoms with Gasteiger partial charge in [0.25, 0.3) is 0 Å². The smallest absolute Gasteiger partial charge is 0.181 e. The number of fused-ring (bicyclic) bond motifs is 1. The normalized spacial score (nSPS) is 10.9. The molecule has 3 N–H and O–H groups in total. The van der Waals surface area contributed by atoms with Crippen LogP contribution in [-0.2, 0) is 6.42 Å². The van der Waals surface area contributed by atoms with E-state index in [2.05, 4.69) is 11.9 Å². The lowest BCUT2D eigenvalue weighted by molar-refractivity contribution is 0.473. The van der Waals surface area contributed by atoms with E-state index in [0.29, 0.717) is 10.6 Å². The van der Waals surface area contributed by atoms with Crippen molar-refractivity contribution < 1.29 is 5.11 Å². The molecule has 0 atom stereocenters. The van der Waals surface area contributed by atoms with Crippen molar-refractivity contribution in [2.75, 3.05) is 5.73 Å². The van der Waals surface area contributed by atoms with E-state index >= 15 is 0 Å². The van der Waals surface area contributed by atoms with Crippen LogP contribution < -0.4 is 5.73 Å². The molecule has 0 aliphatic heterocycles. The minimum absolute atomic E-state index is 0.289. The summed E-state index contributed by atoms with van der Waals surface area (Å²) in [5.41, 5.74) is 7.17. The number of benzene rings is 1. The maximum atomic E-state index is 9.88. The van der Waals surface area contributed by atoms with Crippen molar-refractivity contribution in [2.24, 2.45) is 0 Å². The largest absolute Gasteiger partial charge is 0.505 e. The summed E-state index contributed by atoms with van der Waals surface area (Å²) < 4.78 is 0.944. The van der Waals surface area contributed by atoms with E-state index < -0.39 is 0 Å². The lowest BCUT2D eigenvalue weighted by Crippen LogP contribution is -1.85. The predicted octanol–water partition coefficient (Wildman–Crippen LogP) is 2.54. The zero-order valence-electron chi connectivity index (χ0n) is 7.95. The Morgan fingerprint density at radius 3 is 3.00 bits per heavy atom. The Hall–Kier alpha value is -1.29. The van der Waals surface area contributed by atoms with Gasteiger partial charge in [0.05, 0.1) is 4.70 Å². The molecule has 0 aliphatic rings. The third-order valence-electron chi connectivity index (χ3n) is 2.15. The zero-order valence-corrected chi connectivity index (χ0v) is 8.77. The van der Waals surface area contributed by atoms with Crippen molar-refractivity contribution in [1.29, 1.82) is 0 Å². The van der Waals surface area contributed by atoms with Crippen molar-refractivity contribution in [2.45, 2.75) is 19.8 Å². The first-order chi connectivity index (χ1) is 6.72. The van der Waals surface area contributed by atoms with Gasteiger partial charge in [-0.3, -0.25) is 0 Å². The zero-order chi connectivity index (χ0) is 10.1. The molecule has 0 aliphatic carbocycles. The number of anilines is 1. The van der Waals surface area contributed by atoms with Crippen molar-refractivity contribution in [1.82, 2.24) is 4.98 Å². The number of rotatable bonds is 2. The predicted molar refractivity (Wildman–Crippen MR) is 59.7 cm³/mol. The Kier molecular flexibility index (Phi) is 2.29. The molecule has 0 bridgehead atoms. The summed E-state index contributed by atoms with van der Waals surface area (Å²) in [4.78, 5) is 4.10. The molecule has 2 aromatic rings. The van der Waals surface area contributed by atoms with Gasteiger partial charge >= 0.3 is 0 Å². The topological polar surface area (TPSA) is 59.1 Å². The molecule has 0 amide bonds. The number of aryl methyl sites for hydroxylation is 1. The first-order valence-corrected chi connectivity index (χ1v) is 5.41. The highest BCUT2D eigenvalue weighted by Crippen LogP contribution is 2.33. The second kappa shape index (κ2) is 3.46.